The van der Waals surface area contributed by atoms with Gasteiger partial charge in [0, 0.05) is 16.9 Å². The van der Waals surface area contributed by atoms with E-state index in [1.165, 1.54) is 24.1 Å². The molecule has 3 unspecified atom stereocenters. The van der Waals surface area contributed by atoms with Crippen LogP contribution in [0.3, 0.4) is 0 Å². The molecule has 124 valence electrons. The fourth-order valence-corrected chi connectivity index (χ4v) is 5.91. The summed E-state index contributed by atoms with van der Waals surface area (Å²) in [5.41, 5.74) is 4.99. The van der Waals surface area contributed by atoms with Gasteiger partial charge in [-0.1, -0.05) is 58.4 Å². The molecular formula is C21H29NO. The first-order valence-electron chi connectivity index (χ1n) is 8.89. The van der Waals surface area contributed by atoms with Crippen LogP contribution < -0.4 is 10.1 Å². The van der Waals surface area contributed by atoms with Crippen molar-refractivity contribution in [3.63, 3.8) is 0 Å². The maximum atomic E-state index is 5.66. The van der Waals surface area contributed by atoms with Crippen molar-refractivity contribution in [1.29, 1.82) is 0 Å². The second-order valence-electron chi connectivity index (χ2n) is 9.14. The highest BCUT2D eigenvalue weighted by atomic mass is 16.5. The minimum atomic E-state index is 0.155. The molecular weight excluding hydrogens is 282 g/mol. The summed E-state index contributed by atoms with van der Waals surface area (Å²) in [5, 5.41) is 3.90. The molecule has 23 heavy (non-hydrogen) atoms. The number of rotatable bonds is 1. The third-order valence-electron chi connectivity index (χ3n) is 6.89. The molecule has 0 radical (unpaired) electrons. The van der Waals surface area contributed by atoms with Crippen LogP contribution in [-0.2, 0) is 0 Å². The lowest BCUT2D eigenvalue weighted by atomic mass is 9.52. The van der Waals surface area contributed by atoms with E-state index in [2.05, 4.69) is 64.2 Å². The molecule has 0 amide bonds. The van der Waals surface area contributed by atoms with E-state index in [0.29, 0.717) is 17.4 Å². The average molecular weight is 311 g/mol. The van der Waals surface area contributed by atoms with Gasteiger partial charge in [0.1, 0.15) is 5.75 Å². The lowest BCUT2D eigenvalue weighted by Crippen LogP contribution is -2.53. The number of ether oxygens (including phenoxy) is 1. The topological polar surface area (TPSA) is 21.3 Å². The molecule has 1 aromatic rings. The summed E-state index contributed by atoms with van der Waals surface area (Å²) in [6.07, 6.45) is 5.10. The summed E-state index contributed by atoms with van der Waals surface area (Å²) in [7, 11) is 1.78. The van der Waals surface area contributed by atoms with Gasteiger partial charge in [0.25, 0.3) is 0 Å². The van der Waals surface area contributed by atoms with Gasteiger partial charge in [-0.15, -0.1) is 0 Å². The number of hydrogen-bond donors (Lipinski definition) is 1. The Morgan fingerprint density at radius 2 is 1.87 bits per heavy atom. The molecule has 1 saturated carbocycles. The molecule has 1 aromatic carbocycles. The van der Waals surface area contributed by atoms with E-state index in [1.807, 2.05) is 0 Å². The molecule has 2 heteroatoms. The summed E-state index contributed by atoms with van der Waals surface area (Å²) in [6.45, 7) is 12.1. The van der Waals surface area contributed by atoms with Gasteiger partial charge in [-0.05, 0) is 35.8 Å². The van der Waals surface area contributed by atoms with E-state index in [1.54, 1.807) is 12.7 Å². The highest BCUT2D eigenvalue weighted by molar-refractivity contribution is 5.69. The smallest absolute Gasteiger partial charge is 0.142 e. The molecule has 4 rings (SSSR count). The Balaban J connectivity index is 1.96. The Morgan fingerprint density at radius 3 is 2.57 bits per heavy atom. The van der Waals surface area contributed by atoms with Gasteiger partial charge in [-0.2, -0.15) is 0 Å². The lowest BCUT2D eigenvalue weighted by Gasteiger charge is -2.56. The predicted molar refractivity (Wildman–Crippen MR) is 96.1 cm³/mol. The van der Waals surface area contributed by atoms with Gasteiger partial charge < -0.3 is 10.1 Å². The number of fused-ring (bicyclic) bond motifs is 2. The molecule has 0 aromatic heterocycles. The second kappa shape index (κ2) is 4.34. The van der Waals surface area contributed by atoms with Gasteiger partial charge in [0.2, 0.25) is 0 Å². The van der Waals surface area contributed by atoms with Crippen molar-refractivity contribution in [1.82, 2.24) is 0 Å². The van der Waals surface area contributed by atoms with E-state index in [0.717, 1.165) is 5.75 Å². The zero-order valence-electron chi connectivity index (χ0n) is 15.3. The summed E-state index contributed by atoms with van der Waals surface area (Å²) in [5.74, 6) is 1.57. The molecule has 2 aliphatic carbocycles. The van der Waals surface area contributed by atoms with Gasteiger partial charge >= 0.3 is 0 Å². The van der Waals surface area contributed by atoms with E-state index in [4.69, 9.17) is 4.74 Å². The van der Waals surface area contributed by atoms with Gasteiger partial charge in [0.15, 0.2) is 0 Å². The normalized spacial score (nSPS) is 35.7. The molecule has 1 fully saturated rings. The number of anilines is 1. The number of hydrogen-bond acceptors (Lipinski definition) is 2. The third kappa shape index (κ3) is 1.75. The zero-order valence-corrected chi connectivity index (χ0v) is 15.3. The van der Waals surface area contributed by atoms with E-state index in [9.17, 15) is 0 Å². The zero-order chi connectivity index (χ0) is 16.6. The van der Waals surface area contributed by atoms with Crippen molar-refractivity contribution in [2.45, 2.75) is 59.4 Å². The number of nitrogens with one attached hydrogen (secondary N) is 1. The Hall–Kier alpha value is -1.44. The number of methoxy groups -OCH3 is 1. The first kappa shape index (κ1) is 15.1. The van der Waals surface area contributed by atoms with Gasteiger partial charge in [-0.25, -0.2) is 0 Å². The van der Waals surface area contributed by atoms with Crippen LogP contribution in [0, 0.1) is 16.2 Å². The summed E-state index contributed by atoms with van der Waals surface area (Å²) >= 11 is 0. The molecule has 1 aliphatic heterocycles. The van der Waals surface area contributed by atoms with Crippen LogP contribution in [0.25, 0.3) is 0 Å². The molecule has 0 bridgehead atoms. The van der Waals surface area contributed by atoms with Gasteiger partial charge in [-0.3, -0.25) is 0 Å². The van der Waals surface area contributed by atoms with E-state index < -0.39 is 0 Å². The molecule has 0 spiro atoms. The van der Waals surface area contributed by atoms with Crippen LogP contribution in [0.2, 0.25) is 0 Å². The van der Waals surface area contributed by atoms with Crippen molar-refractivity contribution < 1.29 is 4.74 Å². The van der Waals surface area contributed by atoms with E-state index in [-0.39, 0.29) is 10.8 Å². The van der Waals surface area contributed by atoms with E-state index >= 15 is 0 Å². The van der Waals surface area contributed by atoms with Crippen molar-refractivity contribution >= 4 is 5.69 Å². The molecule has 1 heterocycles. The molecule has 2 nitrogen and oxygen atoms in total. The Kier molecular flexibility index (Phi) is 2.85. The largest absolute Gasteiger partial charge is 0.495 e. The number of para-hydroxylation sites is 1. The average Bonchev–Trinajstić information content (AvgIpc) is 2.70. The maximum absolute atomic E-state index is 5.66. The Bertz CT molecular complexity index is 700. The molecule has 0 saturated heterocycles. The van der Waals surface area contributed by atoms with Crippen LogP contribution in [0.15, 0.2) is 29.8 Å². The van der Waals surface area contributed by atoms with Crippen molar-refractivity contribution in [2.75, 3.05) is 12.4 Å². The van der Waals surface area contributed by atoms with Crippen LogP contribution in [-0.4, -0.2) is 13.2 Å². The van der Waals surface area contributed by atoms with Crippen LogP contribution in [0.1, 0.15) is 58.9 Å². The summed E-state index contributed by atoms with van der Waals surface area (Å²) < 4.78 is 5.66. The van der Waals surface area contributed by atoms with Crippen molar-refractivity contribution in [3.8, 4) is 5.75 Å². The van der Waals surface area contributed by atoms with Crippen molar-refractivity contribution in [2.24, 2.45) is 16.2 Å². The SMILES string of the molecule is COc1cccc2c1NC1C(C)(C)C=C3C(C)(C)CCC2C31C. The standard InChI is InChI=1S/C21H29NO/c1-19(2)11-10-14-13-8-7-9-15(23-6)17(13)22-18-20(3,4)12-16(19)21(14,18)5/h7-9,12,14,18,22H,10-11H2,1-6H3. The predicted octanol–water partition coefficient (Wildman–Crippen LogP) is 5.37. The van der Waals surface area contributed by atoms with Gasteiger partial charge in [0.05, 0.1) is 12.8 Å². The third-order valence-corrected chi connectivity index (χ3v) is 6.89. The highest BCUT2D eigenvalue weighted by Crippen LogP contribution is 2.68. The summed E-state index contributed by atoms with van der Waals surface area (Å²) in [6, 6.07) is 6.96. The minimum absolute atomic E-state index is 0.155. The Labute approximate surface area is 140 Å². The highest BCUT2D eigenvalue weighted by Gasteiger charge is 2.62. The van der Waals surface area contributed by atoms with Crippen LogP contribution in [0.5, 0.6) is 5.75 Å². The summed E-state index contributed by atoms with van der Waals surface area (Å²) in [4.78, 5) is 0. The fraction of sp³-hybridized carbons (Fsp3) is 0.619. The molecule has 3 atom stereocenters. The maximum Gasteiger partial charge on any atom is 0.142 e. The molecule has 3 aliphatic rings. The Morgan fingerprint density at radius 1 is 1.13 bits per heavy atom. The van der Waals surface area contributed by atoms with Crippen LogP contribution in [0.4, 0.5) is 5.69 Å². The fourth-order valence-electron chi connectivity index (χ4n) is 5.91. The quantitative estimate of drug-likeness (QED) is 0.704. The number of benzene rings is 1. The monoisotopic (exact) mass is 311 g/mol. The van der Waals surface area contributed by atoms with Crippen molar-refractivity contribution in [3.05, 3.63) is 35.4 Å². The minimum Gasteiger partial charge on any atom is -0.495 e. The molecule has 1 N–H and O–H groups in total. The second-order valence-corrected chi connectivity index (χ2v) is 9.14. The van der Waals surface area contributed by atoms with Crippen LogP contribution >= 0.6 is 0 Å². The first-order valence-corrected chi connectivity index (χ1v) is 8.89. The first-order chi connectivity index (χ1) is 10.7. The lowest BCUT2D eigenvalue weighted by molar-refractivity contribution is 0.126.